The highest BCUT2D eigenvalue weighted by Gasteiger charge is 2.32. The lowest BCUT2D eigenvalue weighted by molar-refractivity contribution is -0.145. The molecular weight excluding hydrogens is 238 g/mol. The van der Waals surface area contributed by atoms with E-state index in [1.54, 1.807) is 0 Å². The molecule has 0 unspecified atom stereocenters. The van der Waals surface area contributed by atoms with Crippen LogP contribution in [0, 0.1) is 11.8 Å². The number of piperidine rings is 1. The summed E-state index contributed by atoms with van der Waals surface area (Å²) in [5.74, 6) is 0.134. The van der Waals surface area contributed by atoms with Gasteiger partial charge >= 0.3 is 5.97 Å². The van der Waals surface area contributed by atoms with Crippen LogP contribution >= 0.6 is 0 Å². The van der Waals surface area contributed by atoms with Gasteiger partial charge in [-0.15, -0.1) is 0 Å². The molecule has 19 heavy (non-hydrogen) atoms. The third kappa shape index (κ3) is 4.20. The van der Waals surface area contributed by atoms with Crippen LogP contribution in [0.25, 0.3) is 0 Å². The molecule has 0 aromatic rings. The van der Waals surface area contributed by atoms with Crippen molar-refractivity contribution < 1.29 is 9.90 Å². The molecule has 1 aliphatic carbocycles. The molecule has 0 bridgehead atoms. The van der Waals surface area contributed by atoms with Gasteiger partial charge in [0.2, 0.25) is 0 Å². The summed E-state index contributed by atoms with van der Waals surface area (Å²) in [6.45, 7) is 4.30. The number of hydrogen-bond donors (Lipinski definition) is 1. The molecule has 1 heterocycles. The van der Waals surface area contributed by atoms with E-state index in [4.69, 9.17) is 0 Å². The number of hydrogen-bond acceptors (Lipinski definition) is 2. The topological polar surface area (TPSA) is 40.5 Å². The van der Waals surface area contributed by atoms with Crippen molar-refractivity contribution in [1.82, 2.24) is 4.90 Å². The van der Waals surface area contributed by atoms with Crippen molar-refractivity contribution in [3.63, 3.8) is 0 Å². The van der Waals surface area contributed by atoms with Crippen LogP contribution < -0.4 is 0 Å². The Bertz CT molecular complexity index is 284. The van der Waals surface area contributed by atoms with E-state index >= 15 is 0 Å². The number of carbonyl (C=O) groups is 1. The average molecular weight is 267 g/mol. The van der Waals surface area contributed by atoms with Gasteiger partial charge in [-0.2, -0.15) is 0 Å². The van der Waals surface area contributed by atoms with Crippen molar-refractivity contribution in [2.75, 3.05) is 13.1 Å². The van der Waals surface area contributed by atoms with Crippen molar-refractivity contribution in [2.45, 2.75) is 70.8 Å². The van der Waals surface area contributed by atoms with Gasteiger partial charge in [-0.05, 0) is 45.2 Å². The first-order valence-corrected chi connectivity index (χ1v) is 8.15. The van der Waals surface area contributed by atoms with E-state index in [2.05, 4.69) is 11.8 Å². The maximum absolute atomic E-state index is 11.2. The van der Waals surface area contributed by atoms with E-state index in [0.717, 1.165) is 31.8 Å². The minimum Gasteiger partial charge on any atom is -0.481 e. The Kier molecular flexibility index (Phi) is 5.68. The van der Waals surface area contributed by atoms with Gasteiger partial charge in [-0.25, -0.2) is 0 Å². The van der Waals surface area contributed by atoms with Crippen LogP contribution in [0.5, 0.6) is 0 Å². The zero-order valence-electron chi connectivity index (χ0n) is 12.3. The molecule has 3 nitrogen and oxygen atoms in total. The Morgan fingerprint density at radius 2 is 1.79 bits per heavy atom. The molecule has 1 N–H and O–H groups in total. The summed E-state index contributed by atoms with van der Waals surface area (Å²) in [6.07, 6.45) is 11.6. The summed E-state index contributed by atoms with van der Waals surface area (Å²) in [4.78, 5) is 13.7. The van der Waals surface area contributed by atoms with Crippen LogP contribution in [0.2, 0.25) is 0 Å². The molecule has 0 aromatic carbocycles. The molecule has 2 atom stereocenters. The minimum atomic E-state index is -0.605. The first-order valence-electron chi connectivity index (χ1n) is 8.15. The Morgan fingerprint density at radius 3 is 2.42 bits per heavy atom. The number of nitrogens with zero attached hydrogens (tertiary/aromatic N) is 1. The minimum absolute atomic E-state index is 0.150. The number of carboxylic acids is 1. The molecule has 0 aromatic heterocycles. The van der Waals surface area contributed by atoms with Crippen molar-refractivity contribution in [3.05, 3.63) is 0 Å². The van der Waals surface area contributed by atoms with E-state index in [9.17, 15) is 9.90 Å². The van der Waals surface area contributed by atoms with Crippen LogP contribution in [-0.2, 0) is 4.79 Å². The molecule has 1 aliphatic heterocycles. The Labute approximate surface area is 117 Å². The third-order valence-electron chi connectivity index (χ3n) is 5.24. The predicted octanol–water partition coefficient (Wildman–Crippen LogP) is 3.53. The summed E-state index contributed by atoms with van der Waals surface area (Å²) in [6, 6.07) is 0.219. The van der Waals surface area contributed by atoms with E-state index < -0.39 is 5.97 Å². The van der Waals surface area contributed by atoms with Gasteiger partial charge in [0.05, 0.1) is 5.92 Å². The van der Waals surface area contributed by atoms with Crippen LogP contribution in [0.4, 0.5) is 0 Å². The number of aliphatic carboxylic acids is 1. The fourth-order valence-electron chi connectivity index (χ4n) is 3.86. The van der Waals surface area contributed by atoms with Crippen molar-refractivity contribution in [1.29, 1.82) is 0 Å². The van der Waals surface area contributed by atoms with Gasteiger partial charge in [-0.3, -0.25) is 9.69 Å². The second-order valence-corrected chi connectivity index (χ2v) is 6.51. The standard InChI is InChI=1S/C16H29NO2/c1-13-15(16(18)19)9-6-11-17(13)12-10-14-7-4-2-3-5-8-14/h13-15H,2-12H2,1H3,(H,18,19)/t13-,15-/m1/s1. The molecule has 2 aliphatic rings. The highest BCUT2D eigenvalue weighted by Crippen LogP contribution is 2.28. The molecule has 110 valence electrons. The third-order valence-corrected chi connectivity index (χ3v) is 5.24. The summed E-state index contributed by atoms with van der Waals surface area (Å²) in [5, 5.41) is 9.25. The van der Waals surface area contributed by atoms with E-state index in [-0.39, 0.29) is 12.0 Å². The van der Waals surface area contributed by atoms with Gasteiger partial charge in [0.25, 0.3) is 0 Å². The van der Waals surface area contributed by atoms with Crippen molar-refractivity contribution in [2.24, 2.45) is 11.8 Å². The lowest BCUT2D eigenvalue weighted by Gasteiger charge is -2.38. The summed E-state index contributed by atoms with van der Waals surface area (Å²) < 4.78 is 0. The fourth-order valence-corrected chi connectivity index (χ4v) is 3.86. The largest absolute Gasteiger partial charge is 0.481 e. The van der Waals surface area contributed by atoms with E-state index in [1.165, 1.54) is 44.9 Å². The first-order chi connectivity index (χ1) is 9.18. The molecule has 1 saturated carbocycles. The normalized spacial score (nSPS) is 31.0. The molecule has 0 amide bonds. The van der Waals surface area contributed by atoms with Crippen LogP contribution in [0.3, 0.4) is 0 Å². The summed E-state index contributed by atoms with van der Waals surface area (Å²) in [7, 11) is 0. The molecule has 2 rings (SSSR count). The number of likely N-dealkylation sites (tertiary alicyclic amines) is 1. The smallest absolute Gasteiger partial charge is 0.308 e. The van der Waals surface area contributed by atoms with Crippen LogP contribution in [0.15, 0.2) is 0 Å². The highest BCUT2D eigenvalue weighted by atomic mass is 16.4. The van der Waals surface area contributed by atoms with E-state index in [1.807, 2.05) is 0 Å². The Morgan fingerprint density at radius 1 is 1.11 bits per heavy atom. The molecular formula is C16H29NO2. The van der Waals surface area contributed by atoms with Gasteiger partial charge in [0, 0.05) is 6.04 Å². The van der Waals surface area contributed by atoms with Crippen molar-refractivity contribution in [3.8, 4) is 0 Å². The Hall–Kier alpha value is -0.570. The second kappa shape index (κ2) is 7.28. The molecule has 3 heteroatoms. The first kappa shape index (κ1) is 14.8. The van der Waals surface area contributed by atoms with Gasteiger partial charge in [-0.1, -0.05) is 38.5 Å². The maximum Gasteiger partial charge on any atom is 0.308 e. The highest BCUT2D eigenvalue weighted by molar-refractivity contribution is 5.70. The Balaban J connectivity index is 1.79. The molecule has 1 saturated heterocycles. The summed E-state index contributed by atoms with van der Waals surface area (Å²) >= 11 is 0. The van der Waals surface area contributed by atoms with E-state index in [0.29, 0.717) is 0 Å². The fraction of sp³-hybridized carbons (Fsp3) is 0.938. The van der Waals surface area contributed by atoms with Gasteiger partial charge in [0.15, 0.2) is 0 Å². The van der Waals surface area contributed by atoms with Gasteiger partial charge in [0.1, 0.15) is 0 Å². The SMILES string of the molecule is C[C@@H]1[C@H](C(=O)O)CCCN1CCC1CCCCCC1. The number of rotatable bonds is 4. The molecule has 2 fully saturated rings. The second-order valence-electron chi connectivity index (χ2n) is 6.51. The molecule has 0 spiro atoms. The average Bonchev–Trinajstić information content (AvgIpc) is 2.66. The molecule has 0 radical (unpaired) electrons. The quantitative estimate of drug-likeness (QED) is 0.792. The monoisotopic (exact) mass is 267 g/mol. The number of carboxylic acid groups (broad SMARTS) is 1. The zero-order valence-corrected chi connectivity index (χ0v) is 12.3. The lowest BCUT2D eigenvalue weighted by Crippen LogP contribution is -2.46. The zero-order chi connectivity index (χ0) is 13.7. The maximum atomic E-state index is 11.2. The summed E-state index contributed by atoms with van der Waals surface area (Å²) in [5.41, 5.74) is 0. The van der Waals surface area contributed by atoms with Gasteiger partial charge < -0.3 is 5.11 Å². The van der Waals surface area contributed by atoms with Crippen LogP contribution in [-0.4, -0.2) is 35.1 Å². The van der Waals surface area contributed by atoms with Crippen LogP contribution in [0.1, 0.15) is 64.7 Å². The predicted molar refractivity (Wildman–Crippen MR) is 77.2 cm³/mol. The van der Waals surface area contributed by atoms with Crippen molar-refractivity contribution >= 4 is 5.97 Å². The lowest BCUT2D eigenvalue weighted by atomic mass is 9.89.